The van der Waals surface area contributed by atoms with Gasteiger partial charge in [0.2, 0.25) is 5.91 Å². The minimum Gasteiger partial charge on any atom is -0.345 e. The molecule has 0 aromatic carbocycles. The number of piperazine rings is 1. The van der Waals surface area contributed by atoms with Crippen LogP contribution in [0.5, 0.6) is 0 Å². The Balaban J connectivity index is 1.52. The summed E-state index contributed by atoms with van der Waals surface area (Å²) in [6.45, 7) is 12.8. The van der Waals surface area contributed by atoms with E-state index in [0.717, 1.165) is 37.9 Å². The maximum Gasteiger partial charge on any atom is 0.228 e. The van der Waals surface area contributed by atoms with Crippen LogP contribution in [0.1, 0.15) is 45.7 Å². The topological polar surface area (TPSA) is 39.7 Å². The van der Waals surface area contributed by atoms with Gasteiger partial charge in [0.25, 0.3) is 0 Å². The number of thiazole rings is 1. The number of piperidine rings is 1. The summed E-state index contributed by atoms with van der Waals surface area (Å²) in [4.78, 5) is 24.1. The third-order valence-electron chi connectivity index (χ3n) is 4.85. The second-order valence-electron chi connectivity index (χ2n) is 7.99. The Kier molecular flexibility index (Phi) is 5.45. The van der Waals surface area contributed by atoms with E-state index in [2.05, 4.69) is 15.2 Å². The monoisotopic (exact) mass is 350 g/mol. The average Bonchev–Trinajstić information content (AvgIpc) is 3.03. The van der Waals surface area contributed by atoms with E-state index in [1.54, 1.807) is 11.3 Å². The summed E-state index contributed by atoms with van der Waals surface area (Å²) in [7, 11) is 0. The number of rotatable bonds is 3. The van der Waals surface area contributed by atoms with Crippen molar-refractivity contribution < 1.29 is 4.79 Å². The van der Waals surface area contributed by atoms with Gasteiger partial charge in [0.05, 0.1) is 5.69 Å². The minimum absolute atomic E-state index is 0.257. The SMILES string of the molecule is CC(C)(C)C(=O)N1CCN(c2nc(CN3CCCCC3)cs2)CC1. The maximum atomic E-state index is 12.4. The third kappa shape index (κ3) is 4.28. The van der Waals surface area contributed by atoms with Crippen LogP contribution in [0, 0.1) is 5.41 Å². The van der Waals surface area contributed by atoms with Crippen molar-refractivity contribution in [2.45, 2.75) is 46.6 Å². The van der Waals surface area contributed by atoms with Gasteiger partial charge >= 0.3 is 0 Å². The molecule has 1 aromatic heterocycles. The van der Waals surface area contributed by atoms with Gasteiger partial charge in [0, 0.05) is 43.5 Å². The molecule has 0 spiro atoms. The molecule has 134 valence electrons. The standard InChI is InChI=1S/C18H30N4OS/c1-18(2,3)16(23)21-9-11-22(12-10-21)17-19-15(14-24-17)13-20-7-5-4-6-8-20/h14H,4-13H2,1-3H3. The van der Waals surface area contributed by atoms with Crippen molar-refractivity contribution in [1.29, 1.82) is 0 Å². The first-order valence-electron chi connectivity index (χ1n) is 9.14. The van der Waals surface area contributed by atoms with Crippen LogP contribution in [0.2, 0.25) is 0 Å². The molecule has 3 rings (SSSR count). The number of carbonyl (C=O) groups is 1. The first kappa shape index (κ1) is 17.7. The van der Waals surface area contributed by atoms with Crippen LogP contribution in [-0.4, -0.2) is 60.0 Å². The molecule has 5 nitrogen and oxygen atoms in total. The minimum atomic E-state index is -0.287. The van der Waals surface area contributed by atoms with E-state index in [0.29, 0.717) is 0 Å². The van der Waals surface area contributed by atoms with E-state index in [1.165, 1.54) is 38.0 Å². The molecule has 0 unspecified atom stereocenters. The highest BCUT2D eigenvalue weighted by Crippen LogP contribution is 2.25. The highest BCUT2D eigenvalue weighted by Gasteiger charge is 2.30. The zero-order valence-corrected chi connectivity index (χ0v) is 16.1. The van der Waals surface area contributed by atoms with Gasteiger partial charge in [-0.05, 0) is 25.9 Å². The zero-order valence-electron chi connectivity index (χ0n) is 15.3. The van der Waals surface area contributed by atoms with Gasteiger partial charge in [0.1, 0.15) is 0 Å². The summed E-state index contributed by atoms with van der Waals surface area (Å²) in [5, 5.41) is 3.32. The Morgan fingerprint density at radius 3 is 2.38 bits per heavy atom. The molecule has 2 saturated heterocycles. The van der Waals surface area contributed by atoms with Crippen molar-refractivity contribution in [3.05, 3.63) is 11.1 Å². The van der Waals surface area contributed by atoms with E-state index in [-0.39, 0.29) is 11.3 Å². The van der Waals surface area contributed by atoms with E-state index in [4.69, 9.17) is 4.98 Å². The smallest absolute Gasteiger partial charge is 0.228 e. The highest BCUT2D eigenvalue weighted by atomic mass is 32.1. The Morgan fingerprint density at radius 1 is 1.08 bits per heavy atom. The lowest BCUT2D eigenvalue weighted by atomic mass is 9.94. The molecular formula is C18H30N4OS. The summed E-state index contributed by atoms with van der Waals surface area (Å²) in [5.74, 6) is 0.257. The third-order valence-corrected chi connectivity index (χ3v) is 5.80. The van der Waals surface area contributed by atoms with Gasteiger partial charge in [-0.15, -0.1) is 11.3 Å². The maximum absolute atomic E-state index is 12.4. The van der Waals surface area contributed by atoms with Crippen LogP contribution in [0.3, 0.4) is 0 Å². The Bertz CT molecular complexity index is 552. The number of likely N-dealkylation sites (tertiary alicyclic amines) is 1. The van der Waals surface area contributed by atoms with Crippen molar-refractivity contribution in [1.82, 2.24) is 14.8 Å². The number of amides is 1. The van der Waals surface area contributed by atoms with Crippen molar-refractivity contribution in [3.63, 3.8) is 0 Å². The van der Waals surface area contributed by atoms with Gasteiger partial charge in [-0.2, -0.15) is 0 Å². The van der Waals surface area contributed by atoms with Crippen LogP contribution in [-0.2, 0) is 11.3 Å². The molecule has 0 atom stereocenters. The van der Waals surface area contributed by atoms with E-state index < -0.39 is 0 Å². The summed E-state index contributed by atoms with van der Waals surface area (Å²) >= 11 is 1.74. The van der Waals surface area contributed by atoms with Crippen LogP contribution < -0.4 is 4.90 Å². The Morgan fingerprint density at radius 2 is 1.75 bits per heavy atom. The first-order valence-corrected chi connectivity index (χ1v) is 10.0. The second-order valence-corrected chi connectivity index (χ2v) is 8.82. The van der Waals surface area contributed by atoms with Gasteiger partial charge in [-0.25, -0.2) is 4.98 Å². The lowest BCUT2D eigenvalue weighted by Crippen LogP contribution is -2.51. The summed E-state index contributed by atoms with van der Waals surface area (Å²) in [6.07, 6.45) is 4.01. The van der Waals surface area contributed by atoms with Gasteiger partial charge in [-0.3, -0.25) is 9.69 Å². The molecule has 24 heavy (non-hydrogen) atoms. The Labute approximate surface area is 149 Å². The fourth-order valence-electron chi connectivity index (χ4n) is 3.44. The van der Waals surface area contributed by atoms with Crippen LogP contribution in [0.15, 0.2) is 5.38 Å². The molecule has 1 amide bonds. The molecule has 2 aliphatic heterocycles. The summed E-state index contributed by atoms with van der Waals surface area (Å²) in [5.41, 5.74) is 0.912. The van der Waals surface area contributed by atoms with Gasteiger partial charge in [0.15, 0.2) is 5.13 Å². The van der Waals surface area contributed by atoms with Crippen LogP contribution in [0.4, 0.5) is 5.13 Å². The molecule has 0 N–H and O–H groups in total. The quantitative estimate of drug-likeness (QED) is 0.840. The van der Waals surface area contributed by atoms with Crippen molar-refractivity contribution in [2.24, 2.45) is 5.41 Å². The van der Waals surface area contributed by atoms with Crippen molar-refractivity contribution in [2.75, 3.05) is 44.2 Å². The number of aromatic nitrogens is 1. The molecule has 2 aliphatic rings. The number of nitrogens with zero attached hydrogens (tertiary/aromatic N) is 4. The number of anilines is 1. The average molecular weight is 351 g/mol. The molecule has 3 heterocycles. The fraction of sp³-hybridized carbons (Fsp3) is 0.778. The first-order chi connectivity index (χ1) is 11.4. The van der Waals surface area contributed by atoms with E-state index in [1.807, 2.05) is 25.7 Å². The molecule has 6 heteroatoms. The lowest BCUT2D eigenvalue weighted by molar-refractivity contribution is -0.139. The van der Waals surface area contributed by atoms with Crippen LogP contribution in [0.25, 0.3) is 0 Å². The molecule has 0 aliphatic carbocycles. The van der Waals surface area contributed by atoms with Crippen LogP contribution >= 0.6 is 11.3 Å². The molecular weight excluding hydrogens is 320 g/mol. The predicted octanol–water partition coefficient (Wildman–Crippen LogP) is 2.82. The molecule has 0 bridgehead atoms. The van der Waals surface area contributed by atoms with Gasteiger partial charge < -0.3 is 9.80 Å². The zero-order chi connectivity index (χ0) is 17.2. The predicted molar refractivity (Wildman–Crippen MR) is 99.5 cm³/mol. The molecule has 1 aromatic rings. The number of hydrogen-bond acceptors (Lipinski definition) is 5. The largest absolute Gasteiger partial charge is 0.345 e. The fourth-order valence-corrected chi connectivity index (χ4v) is 4.31. The van der Waals surface area contributed by atoms with Crippen molar-refractivity contribution >= 4 is 22.4 Å². The lowest BCUT2D eigenvalue weighted by Gasteiger charge is -2.37. The highest BCUT2D eigenvalue weighted by molar-refractivity contribution is 7.13. The molecule has 0 saturated carbocycles. The molecule has 2 fully saturated rings. The van der Waals surface area contributed by atoms with E-state index in [9.17, 15) is 4.79 Å². The van der Waals surface area contributed by atoms with E-state index >= 15 is 0 Å². The number of carbonyl (C=O) groups excluding carboxylic acids is 1. The summed E-state index contributed by atoms with van der Waals surface area (Å²) in [6, 6.07) is 0. The Hall–Kier alpha value is -1.14. The van der Waals surface area contributed by atoms with Gasteiger partial charge in [-0.1, -0.05) is 27.2 Å². The number of hydrogen-bond donors (Lipinski definition) is 0. The summed E-state index contributed by atoms with van der Waals surface area (Å²) < 4.78 is 0. The molecule has 0 radical (unpaired) electrons. The second kappa shape index (κ2) is 7.40. The van der Waals surface area contributed by atoms with Crippen molar-refractivity contribution in [3.8, 4) is 0 Å². The normalized spacial score (nSPS) is 20.5.